The summed E-state index contributed by atoms with van der Waals surface area (Å²) in [5.74, 6) is 2.25. The summed E-state index contributed by atoms with van der Waals surface area (Å²) in [4.78, 5) is 12.3. The Bertz CT molecular complexity index is 1200. The van der Waals surface area contributed by atoms with Gasteiger partial charge in [0.1, 0.15) is 23.9 Å². The Labute approximate surface area is 220 Å². The largest absolute Gasteiger partial charge is 0.496 e. The molecular weight excluding hydrogens is 558 g/mol. The van der Waals surface area contributed by atoms with Crippen molar-refractivity contribution in [2.75, 3.05) is 20.0 Å². The van der Waals surface area contributed by atoms with E-state index in [0.29, 0.717) is 45.4 Å². The lowest BCUT2D eigenvalue weighted by molar-refractivity contribution is -0.118. The molecule has 0 radical (unpaired) electrons. The summed E-state index contributed by atoms with van der Waals surface area (Å²) in [5, 5.41) is 13.6. The van der Waals surface area contributed by atoms with Gasteiger partial charge in [-0.15, -0.1) is 16.8 Å². The molecule has 35 heavy (non-hydrogen) atoms. The Hall–Kier alpha value is -3.02. The first-order valence-electron chi connectivity index (χ1n) is 10.2. The summed E-state index contributed by atoms with van der Waals surface area (Å²) in [7, 11) is 3.11. The molecule has 0 bridgehead atoms. The quantitative estimate of drug-likeness (QED) is 0.143. The molecule has 1 N–H and O–H groups in total. The monoisotopic (exact) mass is 579 g/mol. The number of nitrogens with zero attached hydrogens (tertiary/aromatic N) is 4. The zero-order valence-corrected chi connectivity index (χ0v) is 22.2. The Morgan fingerprint density at radius 1 is 1.23 bits per heavy atom. The third kappa shape index (κ3) is 7.48. The number of carbonyl (C=O) groups excluding carboxylic acids is 1. The van der Waals surface area contributed by atoms with Crippen LogP contribution in [-0.2, 0) is 17.9 Å². The van der Waals surface area contributed by atoms with E-state index >= 15 is 0 Å². The van der Waals surface area contributed by atoms with Gasteiger partial charge < -0.3 is 14.2 Å². The molecule has 12 heteroatoms. The number of halogens is 2. The maximum atomic E-state index is 12.3. The third-order valence-electron chi connectivity index (χ3n) is 4.52. The third-order valence-corrected chi connectivity index (χ3v) is 6.35. The van der Waals surface area contributed by atoms with Crippen LogP contribution in [0.15, 0.2) is 63.8 Å². The van der Waals surface area contributed by atoms with Crippen LogP contribution in [0.1, 0.15) is 11.4 Å². The summed E-state index contributed by atoms with van der Waals surface area (Å²) in [6.07, 6.45) is 3.22. The highest BCUT2D eigenvalue weighted by molar-refractivity contribution is 9.10. The van der Waals surface area contributed by atoms with Gasteiger partial charge in [0.15, 0.2) is 11.0 Å². The number of hydrogen-bond acceptors (Lipinski definition) is 8. The molecule has 3 aromatic rings. The van der Waals surface area contributed by atoms with Crippen molar-refractivity contribution in [3.05, 3.63) is 69.9 Å². The van der Waals surface area contributed by atoms with E-state index in [2.05, 4.69) is 43.2 Å². The molecule has 0 saturated carbocycles. The predicted molar refractivity (Wildman–Crippen MR) is 140 cm³/mol. The first kappa shape index (κ1) is 26.6. The molecule has 0 atom stereocenters. The maximum Gasteiger partial charge on any atom is 0.250 e. The van der Waals surface area contributed by atoms with Crippen molar-refractivity contribution >= 4 is 51.4 Å². The number of ether oxygens (including phenoxy) is 3. The lowest BCUT2D eigenvalue weighted by atomic mass is 10.2. The van der Waals surface area contributed by atoms with Crippen LogP contribution in [0.25, 0.3) is 0 Å². The number of rotatable bonds is 12. The van der Waals surface area contributed by atoms with E-state index in [0.717, 1.165) is 4.47 Å². The molecule has 0 aliphatic heterocycles. The Morgan fingerprint density at radius 2 is 1.97 bits per heavy atom. The van der Waals surface area contributed by atoms with Crippen molar-refractivity contribution in [1.29, 1.82) is 0 Å². The summed E-state index contributed by atoms with van der Waals surface area (Å²) in [6.45, 7) is 4.46. The summed E-state index contributed by atoms with van der Waals surface area (Å²) in [5.41, 5.74) is 3.18. The predicted octanol–water partition coefficient (Wildman–Crippen LogP) is 4.72. The molecule has 184 valence electrons. The highest BCUT2D eigenvalue weighted by Crippen LogP contribution is 2.32. The maximum absolute atomic E-state index is 12.3. The highest BCUT2D eigenvalue weighted by Gasteiger charge is 2.14. The van der Waals surface area contributed by atoms with Gasteiger partial charge in [0.2, 0.25) is 0 Å². The molecule has 1 aromatic heterocycles. The molecule has 0 unspecified atom stereocenters. The minimum absolute atomic E-state index is 0.0914. The van der Waals surface area contributed by atoms with Crippen molar-refractivity contribution in [2.24, 2.45) is 5.10 Å². The van der Waals surface area contributed by atoms with Crippen molar-refractivity contribution < 1.29 is 19.0 Å². The van der Waals surface area contributed by atoms with Crippen LogP contribution in [0.2, 0.25) is 5.02 Å². The van der Waals surface area contributed by atoms with Crippen molar-refractivity contribution in [3.8, 4) is 17.2 Å². The average Bonchev–Trinajstić information content (AvgIpc) is 3.24. The number of carbonyl (C=O) groups is 1. The number of allylic oxidation sites excluding steroid dienone is 1. The zero-order chi connectivity index (χ0) is 25.2. The van der Waals surface area contributed by atoms with Crippen molar-refractivity contribution in [2.45, 2.75) is 18.3 Å². The van der Waals surface area contributed by atoms with E-state index in [1.807, 2.05) is 4.57 Å². The van der Waals surface area contributed by atoms with Crippen LogP contribution in [0.4, 0.5) is 0 Å². The van der Waals surface area contributed by atoms with Crippen LogP contribution >= 0.6 is 39.3 Å². The van der Waals surface area contributed by atoms with E-state index in [-0.39, 0.29) is 18.3 Å². The molecule has 1 heterocycles. The van der Waals surface area contributed by atoms with E-state index in [4.69, 9.17) is 25.8 Å². The molecule has 3 rings (SSSR count). The average molecular weight is 581 g/mol. The molecule has 0 spiro atoms. The topological polar surface area (TPSA) is 99.9 Å². The molecular formula is C23H23BrClN5O4S. The second kappa shape index (κ2) is 13.2. The van der Waals surface area contributed by atoms with Gasteiger partial charge >= 0.3 is 0 Å². The van der Waals surface area contributed by atoms with Crippen LogP contribution in [-0.4, -0.2) is 46.9 Å². The van der Waals surface area contributed by atoms with Gasteiger partial charge in [0, 0.05) is 23.2 Å². The van der Waals surface area contributed by atoms with E-state index in [9.17, 15) is 4.79 Å². The number of hydrazone groups is 1. The Kier molecular flexibility index (Phi) is 10.0. The molecule has 2 aromatic carbocycles. The number of thioether (sulfide) groups is 1. The molecule has 0 saturated heterocycles. The summed E-state index contributed by atoms with van der Waals surface area (Å²) < 4.78 is 18.9. The van der Waals surface area contributed by atoms with Crippen molar-refractivity contribution in [1.82, 2.24) is 20.2 Å². The summed E-state index contributed by atoms with van der Waals surface area (Å²) >= 11 is 10.6. The van der Waals surface area contributed by atoms with Crippen molar-refractivity contribution in [3.63, 3.8) is 0 Å². The number of aromatic nitrogens is 3. The minimum atomic E-state index is -0.301. The number of benzene rings is 2. The van der Waals surface area contributed by atoms with Gasteiger partial charge in [-0.2, -0.15) is 5.10 Å². The van der Waals surface area contributed by atoms with Crippen LogP contribution < -0.4 is 19.6 Å². The fourth-order valence-electron chi connectivity index (χ4n) is 2.84. The lowest BCUT2D eigenvalue weighted by Gasteiger charge is -2.09. The smallest absolute Gasteiger partial charge is 0.250 e. The normalized spacial score (nSPS) is 10.9. The van der Waals surface area contributed by atoms with Gasteiger partial charge in [0.05, 0.1) is 30.7 Å². The highest BCUT2D eigenvalue weighted by atomic mass is 79.9. The fraction of sp³-hybridized carbons (Fsp3) is 0.217. The van der Waals surface area contributed by atoms with Gasteiger partial charge in [-0.3, -0.25) is 9.36 Å². The van der Waals surface area contributed by atoms with Crippen LogP contribution in [0.3, 0.4) is 0 Å². The minimum Gasteiger partial charge on any atom is -0.496 e. The van der Waals surface area contributed by atoms with Gasteiger partial charge in [-0.05, 0) is 46.3 Å². The molecule has 9 nitrogen and oxygen atoms in total. The molecule has 0 aliphatic rings. The molecule has 0 fully saturated rings. The van der Waals surface area contributed by atoms with E-state index < -0.39 is 0 Å². The zero-order valence-electron chi connectivity index (χ0n) is 19.0. The molecule has 1 amide bonds. The van der Waals surface area contributed by atoms with Crippen LogP contribution in [0.5, 0.6) is 17.2 Å². The second-order valence-electron chi connectivity index (χ2n) is 6.85. The van der Waals surface area contributed by atoms with Crippen LogP contribution in [0, 0.1) is 0 Å². The molecule has 0 aliphatic carbocycles. The Morgan fingerprint density at radius 3 is 2.66 bits per heavy atom. The number of methoxy groups -OCH3 is 2. The fourth-order valence-corrected chi connectivity index (χ4v) is 4.25. The summed E-state index contributed by atoms with van der Waals surface area (Å²) in [6, 6.07) is 10.6. The Balaban J connectivity index is 1.58. The van der Waals surface area contributed by atoms with Gasteiger partial charge in [-0.25, -0.2) is 5.43 Å². The number of nitrogens with one attached hydrogen (secondary N) is 1. The van der Waals surface area contributed by atoms with E-state index in [1.54, 1.807) is 56.7 Å². The van der Waals surface area contributed by atoms with Gasteiger partial charge in [-0.1, -0.05) is 29.4 Å². The van der Waals surface area contributed by atoms with Gasteiger partial charge in [0.25, 0.3) is 5.91 Å². The number of hydrogen-bond donors (Lipinski definition) is 1. The second-order valence-corrected chi connectivity index (χ2v) is 9.08. The van der Waals surface area contributed by atoms with E-state index in [1.165, 1.54) is 18.0 Å². The standard InChI is InChI=1S/C23H23BrClN5O4S/c1-4-9-30-21(13-34-17-7-5-16(25)6-8-17)27-29-23(30)35-14-22(31)28-26-12-15-10-18(24)20(33-3)11-19(15)32-2/h4-8,10-12H,1,9,13-14H2,2-3H3,(H,28,31)/b26-12-. The number of amides is 1. The first-order chi connectivity index (χ1) is 16.9. The SMILES string of the molecule is C=CCn1c(COc2ccc(Cl)cc2)nnc1SCC(=O)N/N=C\c1cc(Br)c(OC)cc1OC. The lowest BCUT2D eigenvalue weighted by Crippen LogP contribution is -2.20. The first-order valence-corrected chi connectivity index (χ1v) is 12.4.